The molecule has 4 rings (SSSR count). The fourth-order valence-corrected chi connectivity index (χ4v) is 4.28. The van der Waals surface area contributed by atoms with Crippen molar-refractivity contribution in [3.63, 3.8) is 0 Å². The van der Waals surface area contributed by atoms with Crippen LogP contribution in [0.25, 0.3) is 22.3 Å². The number of aliphatic carboxylic acids is 1. The normalized spacial score (nSPS) is 11.2. The Morgan fingerprint density at radius 3 is 1.39 bits per heavy atom. The summed E-state index contributed by atoms with van der Waals surface area (Å²) in [6.45, 7) is 3.50. The van der Waals surface area contributed by atoms with Crippen molar-refractivity contribution in [1.29, 1.82) is 0 Å². The van der Waals surface area contributed by atoms with Gasteiger partial charge in [-0.05, 0) is 83.3 Å². The van der Waals surface area contributed by atoms with Crippen molar-refractivity contribution in [1.82, 2.24) is 0 Å². The molecule has 8 nitrogen and oxygen atoms in total. The van der Waals surface area contributed by atoms with E-state index in [0.717, 1.165) is 44.5 Å². The number of aryl methyl sites for hydroxylation is 2. The molecule has 0 bridgehead atoms. The maximum Gasteiger partial charge on any atom is 1.00 e. The van der Waals surface area contributed by atoms with Crippen molar-refractivity contribution in [3.05, 3.63) is 119 Å². The molecule has 230 valence electrons. The third-order valence-corrected chi connectivity index (χ3v) is 6.79. The molecule has 0 aliphatic rings. The minimum atomic E-state index is -0.779. The summed E-state index contributed by atoms with van der Waals surface area (Å²) < 4.78 is 4.64. The second-order valence-corrected chi connectivity index (χ2v) is 9.97. The van der Waals surface area contributed by atoms with Crippen LogP contribution in [0.5, 0.6) is 0 Å². The Balaban J connectivity index is 0.000000788. The Bertz CT molecular complexity index is 1420. The topological polar surface area (TPSA) is 166 Å². The maximum absolute atomic E-state index is 11.1. The minimum absolute atomic E-state index is 0. The molecule has 4 aromatic carbocycles. The summed E-state index contributed by atoms with van der Waals surface area (Å²) in [6.07, 6.45) is 0.822. The molecule has 6 N–H and O–H groups in total. The number of ether oxygens (including phenoxy) is 1. The summed E-state index contributed by atoms with van der Waals surface area (Å²) in [4.78, 5) is 21.7. The molecule has 0 aliphatic heterocycles. The van der Waals surface area contributed by atoms with Gasteiger partial charge in [-0.25, -0.2) is 0 Å². The summed E-state index contributed by atoms with van der Waals surface area (Å²) in [5.74, 6) is -0.970. The van der Waals surface area contributed by atoms with Gasteiger partial charge in [0.25, 0.3) is 0 Å². The van der Waals surface area contributed by atoms with E-state index in [9.17, 15) is 19.8 Å². The quantitative estimate of drug-likeness (QED) is 0.187. The average Bonchev–Trinajstić information content (AvgIpc) is 2.99. The van der Waals surface area contributed by atoms with E-state index in [1.54, 1.807) is 13.8 Å². The molecular weight excluding hydrogens is 555 g/mol. The van der Waals surface area contributed by atoms with Gasteiger partial charge in [0.2, 0.25) is 0 Å². The number of methoxy groups -OCH3 is 1. The molecule has 0 saturated heterocycles. The fourth-order valence-electron chi connectivity index (χ4n) is 4.28. The predicted molar refractivity (Wildman–Crippen MR) is 167 cm³/mol. The molecule has 0 unspecified atom stereocenters. The maximum atomic E-state index is 11.1. The molecule has 0 spiro atoms. The van der Waals surface area contributed by atoms with E-state index in [0.29, 0.717) is 19.3 Å². The fraction of sp³-hybridized carbons (Fsp3) is 0.257. The molecule has 0 fully saturated rings. The zero-order valence-corrected chi connectivity index (χ0v) is 25.7. The van der Waals surface area contributed by atoms with Crippen LogP contribution in [0.15, 0.2) is 97.1 Å². The first-order chi connectivity index (χ1) is 19.7. The molecule has 0 saturated carbocycles. The van der Waals surface area contributed by atoms with Gasteiger partial charge in [-0.1, -0.05) is 84.9 Å². The number of hydrogen-bond acceptors (Lipinski definition) is 6. The van der Waals surface area contributed by atoms with Crippen LogP contribution in [0.1, 0.15) is 61.2 Å². The number of aliphatic hydroxyl groups excluding tert-OH is 2. The van der Waals surface area contributed by atoms with E-state index in [2.05, 4.69) is 4.74 Å². The van der Waals surface area contributed by atoms with Crippen LogP contribution in [0, 0.1) is 0 Å². The summed E-state index contributed by atoms with van der Waals surface area (Å²) in [5, 5.41) is 27.9. The second kappa shape index (κ2) is 20.3. The molecule has 9 heteroatoms. The van der Waals surface area contributed by atoms with Crippen LogP contribution in [-0.4, -0.2) is 45.3 Å². The van der Waals surface area contributed by atoms with Crippen molar-refractivity contribution in [2.45, 2.75) is 51.7 Å². The van der Waals surface area contributed by atoms with Gasteiger partial charge in [-0.3, -0.25) is 9.59 Å². The summed E-state index contributed by atoms with van der Waals surface area (Å²) in [6, 6.07) is 31.7. The number of carbonyl (C=O) groups is 2. The second-order valence-electron chi connectivity index (χ2n) is 9.97. The molecule has 0 amide bonds. The molecule has 4 aromatic rings. The third-order valence-electron chi connectivity index (χ3n) is 6.79. The molecule has 0 heterocycles. The Kier molecular flexibility index (Phi) is 18.5. The van der Waals surface area contributed by atoms with Crippen LogP contribution < -0.4 is 18.9 Å². The van der Waals surface area contributed by atoms with Crippen LogP contribution in [-0.2, 0) is 27.2 Å². The Morgan fingerprint density at radius 1 is 0.659 bits per heavy atom. The number of benzene rings is 4. The molecule has 2 atom stereocenters. The van der Waals surface area contributed by atoms with Gasteiger partial charge in [0.05, 0.1) is 19.3 Å². The van der Waals surface area contributed by atoms with Crippen molar-refractivity contribution < 1.29 is 59.5 Å². The first kappa shape index (κ1) is 40.3. The van der Waals surface area contributed by atoms with E-state index >= 15 is 0 Å². The van der Waals surface area contributed by atoms with Gasteiger partial charge in [-0.2, -0.15) is 0 Å². The first-order valence-corrected chi connectivity index (χ1v) is 13.7. The van der Waals surface area contributed by atoms with E-state index in [1.165, 1.54) is 7.11 Å². The average molecular weight is 597 g/mol. The number of hydrogen-bond donors (Lipinski definition) is 3. The minimum Gasteiger partial charge on any atom is -0.870 e. The number of carboxylic acid groups (broad SMARTS) is 1. The molecule has 0 aliphatic carbocycles. The van der Waals surface area contributed by atoms with E-state index in [-0.39, 0.29) is 42.2 Å². The molecule has 0 aromatic heterocycles. The van der Waals surface area contributed by atoms with Crippen molar-refractivity contribution in [2.75, 3.05) is 7.11 Å². The standard InChI is InChI=1S/C18H20O3.C17H18O3.Li.2H2O/c1-13(19)16-4-3-5-17(12-16)15-9-6-14(7-10-15)8-11-18(20)21-2;1-12(18)15-3-2-4-16(11-15)14-8-5-13(6-9-14)7-10-17(19)20;;;/h3-7,9-10,12-13,19H,8,11H2,1-2H3;2-6,8-9,11-12,18H,7,10H2,1H3,(H,19,20);;2*1H2/q;;+1;;/p-1/t13-;12-;;;/m11.../s1. The van der Waals surface area contributed by atoms with Gasteiger partial charge in [-0.15, -0.1) is 0 Å². The molecular formula is C35H41LiO8. The Hall–Kier alpha value is -3.74. The molecule has 0 radical (unpaired) electrons. The number of rotatable bonds is 10. The van der Waals surface area contributed by atoms with Gasteiger partial charge >= 0.3 is 30.8 Å². The van der Waals surface area contributed by atoms with Crippen molar-refractivity contribution >= 4 is 11.9 Å². The number of carbonyl (C=O) groups excluding carboxylic acids is 1. The largest absolute Gasteiger partial charge is 1.00 e. The molecule has 44 heavy (non-hydrogen) atoms. The first-order valence-electron chi connectivity index (χ1n) is 13.7. The van der Waals surface area contributed by atoms with Crippen LogP contribution in [0.4, 0.5) is 0 Å². The number of carboxylic acids is 1. The van der Waals surface area contributed by atoms with Gasteiger partial charge in [0, 0.05) is 12.8 Å². The number of esters is 1. The van der Waals surface area contributed by atoms with Gasteiger partial charge in [0.15, 0.2) is 0 Å². The van der Waals surface area contributed by atoms with Gasteiger partial charge in [0.1, 0.15) is 0 Å². The van der Waals surface area contributed by atoms with Crippen LogP contribution in [0.2, 0.25) is 0 Å². The zero-order valence-electron chi connectivity index (χ0n) is 25.7. The van der Waals surface area contributed by atoms with Crippen molar-refractivity contribution in [3.8, 4) is 22.3 Å². The van der Waals surface area contributed by atoms with E-state index in [1.807, 2.05) is 97.1 Å². The van der Waals surface area contributed by atoms with Crippen LogP contribution >= 0.6 is 0 Å². The summed E-state index contributed by atoms with van der Waals surface area (Å²) in [7, 11) is 1.40. The Morgan fingerprint density at radius 2 is 1.05 bits per heavy atom. The zero-order chi connectivity index (χ0) is 29.8. The van der Waals surface area contributed by atoms with Gasteiger partial charge < -0.3 is 31.0 Å². The predicted octanol–water partition coefficient (Wildman–Crippen LogP) is 2.94. The SMILES string of the molecule is COC(=O)CCc1ccc(-c2cccc([C@@H](C)O)c2)cc1.C[C@@H](O)c1cccc(-c2ccc(CCC(=O)O)cc2)c1.O.[Li+].[OH-]. The summed E-state index contributed by atoms with van der Waals surface area (Å²) >= 11 is 0. The summed E-state index contributed by atoms with van der Waals surface area (Å²) in [5.41, 5.74) is 8.20. The van der Waals surface area contributed by atoms with Crippen molar-refractivity contribution in [2.24, 2.45) is 0 Å². The van der Waals surface area contributed by atoms with E-state index in [4.69, 9.17) is 5.11 Å². The third kappa shape index (κ3) is 12.9. The Labute approximate surface area is 271 Å². The number of aliphatic hydroxyl groups is 2. The monoisotopic (exact) mass is 596 g/mol. The van der Waals surface area contributed by atoms with E-state index < -0.39 is 18.2 Å². The van der Waals surface area contributed by atoms with Crippen LogP contribution in [0.3, 0.4) is 0 Å². The smallest absolute Gasteiger partial charge is 0.870 e.